The average Bonchev–Trinajstić information content (AvgIpc) is 3.13. The van der Waals surface area contributed by atoms with Gasteiger partial charge in [0.1, 0.15) is 11.6 Å². The summed E-state index contributed by atoms with van der Waals surface area (Å²) in [6, 6.07) is 10.1. The van der Waals surface area contributed by atoms with E-state index < -0.39 is 0 Å². The molecule has 3 aromatic rings. The maximum absolute atomic E-state index is 6.37. The quantitative estimate of drug-likeness (QED) is 0.679. The molecule has 6 heteroatoms. The Morgan fingerprint density at radius 1 is 1.22 bits per heavy atom. The van der Waals surface area contributed by atoms with E-state index in [1.54, 1.807) is 12.3 Å². The summed E-state index contributed by atoms with van der Waals surface area (Å²) in [7, 11) is 2.07. The first kappa shape index (κ1) is 14.8. The Bertz CT molecular complexity index is 874. The van der Waals surface area contributed by atoms with E-state index in [4.69, 9.17) is 28.2 Å². The highest BCUT2D eigenvalue weighted by Gasteiger charge is 2.32. The van der Waals surface area contributed by atoms with Crippen molar-refractivity contribution in [3.8, 4) is 0 Å². The van der Waals surface area contributed by atoms with Gasteiger partial charge < -0.3 is 9.47 Å². The van der Waals surface area contributed by atoms with Crippen molar-refractivity contribution in [1.82, 2.24) is 14.5 Å². The summed E-state index contributed by atoms with van der Waals surface area (Å²) in [5.41, 5.74) is 2.16. The molecule has 0 N–H and O–H groups in total. The third-order valence-electron chi connectivity index (χ3n) is 4.43. The van der Waals surface area contributed by atoms with Crippen molar-refractivity contribution < 1.29 is 0 Å². The molecule has 23 heavy (non-hydrogen) atoms. The van der Waals surface area contributed by atoms with Gasteiger partial charge in [-0.15, -0.1) is 0 Å². The van der Waals surface area contributed by atoms with E-state index in [0.29, 0.717) is 10.0 Å². The van der Waals surface area contributed by atoms with Gasteiger partial charge in [-0.2, -0.15) is 0 Å². The second-order valence-corrected chi connectivity index (χ2v) is 6.67. The van der Waals surface area contributed by atoms with Crippen LogP contribution in [0, 0.1) is 0 Å². The third kappa shape index (κ3) is 2.46. The third-order valence-corrected chi connectivity index (χ3v) is 4.92. The lowest BCUT2D eigenvalue weighted by molar-refractivity contribution is 0.633. The maximum Gasteiger partial charge on any atom is 0.148 e. The van der Waals surface area contributed by atoms with Crippen molar-refractivity contribution in [2.75, 3.05) is 11.4 Å². The fourth-order valence-electron chi connectivity index (χ4n) is 3.37. The van der Waals surface area contributed by atoms with Crippen LogP contribution in [-0.4, -0.2) is 21.1 Å². The number of benzene rings is 1. The standard InChI is InChI=1S/C17H16Cl2N4/c1-22-14-6-3-2-5-13(14)21-17(22)15-7-4-8-23(15)16-12(19)9-11(18)10-20-16/h2-3,5-6,9-10,15H,4,7-8H2,1H3. The van der Waals surface area contributed by atoms with E-state index in [0.717, 1.165) is 42.1 Å². The summed E-state index contributed by atoms with van der Waals surface area (Å²) >= 11 is 12.3. The van der Waals surface area contributed by atoms with Gasteiger partial charge in [0.2, 0.25) is 0 Å². The van der Waals surface area contributed by atoms with E-state index in [1.165, 1.54) is 0 Å². The number of anilines is 1. The van der Waals surface area contributed by atoms with E-state index in [9.17, 15) is 0 Å². The minimum atomic E-state index is 0.179. The first-order chi connectivity index (χ1) is 11.1. The van der Waals surface area contributed by atoms with Gasteiger partial charge in [-0.05, 0) is 31.0 Å². The summed E-state index contributed by atoms with van der Waals surface area (Å²) in [5, 5.41) is 1.14. The molecule has 1 atom stereocenters. The minimum absolute atomic E-state index is 0.179. The largest absolute Gasteiger partial charge is 0.345 e. The highest BCUT2D eigenvalue weighted by molar-refractivity contribution is 6.36. The lowest BCUT2D eigenvalue weighted by Crippen LogP contribution is -2.26. The molecule has 2 aromatic heterocycles. The zero-order valence-electron chi connectivity index (χ0n) is 12.7. The number of para-hydroxylation sites is 2. The number of rotatable bonds is 2. The Hall–Kier alpha value is -1.78. The van der Waals surface area contributed by atoms with Crippen LogP contribution in [0.15, 0.2) is 36.5 Å². The van der Waals surface area contributed by atoms with Crippen LogP contribution in [0.4, 0.5) is 5.82 Å². The maximum atomic E-state index is 6.37. The van der Waals surface area contributed by atoms with Gasteiger partial charge in [-0.1, -0.05) is 35.3 Å². The lowest BCUT2D eigenvalue weighted by Gasteiger charge is -2.26. The number of hydrogen-bond donors (Lipinski definition) is 0. The van der Waals surface area contributed by atoms with E-state index in [-0.39, 0.29) is 6.04 Å². The number of fused-ring (bicyclic) bond motifs is 1. The number of nitrogens with zero attached hydrogens (tertiary/aromatic N) is 4. The molecular formula is C17H16Cl2N4. The topological polar surface area (TPSA) is 34.0 Å². The molecule has 3 heterocycles. The van der Waals surface area contributed by atoms with Gasteiger partial charge in [-0.25, -0.2) is 9.97 Å². The van der Waals surface area contributed by atoms with Crippen molar-refractivity contribution in [1.29, 1.82) is 0 Å². The Kier molecular flexibility index (Phi) is 3.66. The van der Waals surface area contributed by atoms with E-state index >= 15 is 0 Å². The van der Waals surface area contributed by atoms with Gasteiger partial charge in [0, 0.05) is 19.8 Å². The molecule has 4 rings (SSSR count). The number of aromatic nitrogens is 3. The molecule has 1 aliphatic rings. The number of hydrogen-bond acceptors (Lipinski definition) is 3. The van der Waals surface area contributed by atoms with Crippen molar-refractivity contribution in [2.24, 2.45) is 7.05 Å². The van der Waals surface area contributed by atoms with Gasteiger partial charge in [0.25, 0.3) is 0 Å². The van der Waals surface area contributed by atoms with Crippen LogP contribution < -0.4 is 4.90 Å². The fraction of sp³-hybridized carbons (Fsp3) is 0.294. The van der Waals surface area contributed by atoms with Crippen molar-refractivity contribution in [3.05, 3.63) is 52.4 Å². The van der Waals surface area contributed by atoms with Crippen molar-refractivity contribution >= 4 is 40.1 Å². The predicted molar refractivity (Wildman–Crippen MR) is 94.3 cm³/mol. The van der Waals surface area contributed by atoms with Crippen LogP contribution in [0.2, 0.25) is 10.0 Å². The Labute approximate surface area is 144 Å². The SMILES string of the molecule is Cn1c(C2CCCN2c2ncc(Cl)cc2Cl)nc2ccccc21. The minimum Gasteiger partial charge on any atom is -0.345 e. The molecule has 4 nitrogen and oxygen atoms in total. The zero-order valence-corrected chi connectivity index (χ0v) is 14.2. The average molecular weight is 347 g/mol. The molecule has 0 amide bonds. The normalized spacial score (nSPS) is 18.0. The molecule has 0 aliphatic carbocycles. The monoisotopic (exact) mass is 346 g/mol. The predicted octanol–water partition coefficient (Wildman–Crippen LogP) is 4.62. The van der Waals surface area contributed by atoms with Crippen LogP contribution in [-0.2, 0) is 7.05 Å². The van der Waals surface area contributed by atoms with Crippen molar-refractivity contribution in [3.63, 3.8) is 0 Å². The molecule has 1 saturated heterocycles. The molecule has 0 radical (unpaired) electrons. The highest BCUT2D eigenvalue weighted by Crippen LogP contribution is 2.39. The summed E-state index contributed by atoms with van der Waals surface area (Å²) in [6.07, 6.45) is 3.78. The van der Waals surface area contributed by atoms with Gasteiger partial charge in [0.05, 0.1) is 27.1 Å². The lowest BCUT2D eigenvalue weighted by atomic mass is 10.2. The Balaban J connectivity index is 1.79. The summed E-state index contributed by atoms with van der Waals surface area (Å²) < 4.78 is 2.17. The van der Waals surface area contributed by atoms with Crippen LogP contribution in [0.1, 0.15) is 24.7 Å². The Morgan fingerprint density at radius 2 is 2.04 bits per heavy atom. The van der Waals surface area contributed by atoms with E-state index in [2.05, 4.69) is 27.6 Å². The number of pyridine rings is 1. The second-order valence-electron chi connectivity index (χ2n) is 5.83. The summed E-state index contributed by atoms with van der Waals surface area (Å²) in [5.74, 6) is 1.84. The van der Waals surface area contributed by atoms with Gasteiger partial charge in [0.15, 0.2) is 0 Å². The summed E-state index contributed by atoms with van der Waals surface area (Å²) in [4.78, 5) is 11.5. The molecule has 1 fully saturated rings. The smallest absolute Gasteiger partial charge is 0.148 e. The highest BCUT2D eigenvalue weighted by atomic mass is 35.5. The second kappa shape index (κ2) is 5.69. The van der Waals surface area contributed by atoms with E-state index in [1.807, 2.05) is 18.2 Å². The molecular weight excluding hydrogens is 331 g/mol. The molecule has 1 unspecified atom stereocenters. The molecule has 0 saturated carbocycles. The number of halogens is 2. The summed E-state index contributed by atoms with van der Waals surface area (Å²) in [6.45, 7) is 0.919. The molecule has 0 spiro atoms. The molecule has 1 aromatic carbocycles. The number of aryl methyl sites for hydroxylation is 1. The van der Waals surface area contributed by atoms with Crippen molar-refractivity contribution in [2.45, 2.75) is 18.9 Å². The van der Waals surface area contributed by atoms with Crippen LogP contribution >= 0.6 is 23.2 Å². The van der Waals surface area contributed by atoms with Gasteiger partial charge >= 0.3 is 0 Å². The van der Waals surface area contributed by atoms with Crippen LogP contribution in [0.3, 0.4) is 0 Å². The Morgan fingerprint density at radius 3 is 2.83 bits per heavy atom. The van der Waals surface area contributed by atoms with Crippen LogP contribution in [0.25, 0.3) is 11.0 Å². The van der Waals surface area contributed by atoms with Gasteiger partial charge in [-0.3, -0.25) is 0 Å². The molecule has 0 bridgehead atoms. The first-order valence-electron chi connectivity index (χ1n) is 7.64. The fourth-order valence-corrected chi connectivity index (χ4v) is 3.86. The number of imidazole rings is 1. The first-order valence-corrected chi connectivity index (χ1v) is 8.40. The van der Waals surface area contributed by atoms with Crippen LogP contribution in [0.5, 0.6) is 0 Å². The molecule has 1 aliphatic heterocycles. The molecule has 118 valence electrons. The zero-order chi connectivity index (χ0) is 16.0.